The van der Waals surface area contributed by atoms with Gasteiger partial charge in [0.2, 0.25) is 5.91 Å². The molecule has 8 nitrogen and oxygen atoms in total. The molecule has 4 N–H and O–H groups in total. The van der Waals surface area contributed by atoms with Crippen LogP contribution >= 0.6 is 12.4 Å². The molecule has 1 saturated heterocycles. The highest BCUT2D eigenvalue weighted by Crippen LogP contribution is 2.22. The molecule has 128 valence electrons. The maximum Gasteiger partial charge on any atom is 0.292 e. The first-order valence-corrected chi connectivity index (χ1v) is 7.15. The van der Waals surface area contributed by atoms with Gasteiger partial charge in [0.15, 0.2) is 0 Å². The van der Waals surface area contributed by atoms with Crippen molar-refractivity contribution in [3.63, 3.8) is 0 Å². The van der Waals surface area contributed by atoms with Crippen LogP contribution in [0.15, 0.2) is 24.3 Å². The Kier molecular flexibility index (Phi) is 7.21. The Morgan fingerprint density at radius 3 is 2.61 bits per heavy atom. The molecule has 0 aromatic heterocycles. The van der Waals surface area contributed by atoms with Gasteiger partial charge in [0.05, 0.1) is 10.5 Å². The molecule has 9 heteroatoms. The summed E-state index contributed by atoms with van der Waals surface area (Å²) in [6, 6.07) is 6.37. The summed E-state index contributed by atoms with van der Waals surface area (Å²) in [5, 5.41) is 16.6. The second-order valence-corrected chi connectivity index (χ2v) is 5.23. The number of nitro groups is 1. The van der Waals surface area contributed by atoms with Crippen LogP contribution in [0.2, 0.25) is 0 Å². The third-order valence-corrected chi connectivity index (χ3v) is 3.66. The zero-order valence-corrected chi connectivity index (χ0v) is 13.4. The third kappa shape index (κ3) is 5.05. The van der Waals surface area contributed by atoms with Crippen molar-refractivity contribution >= 4 is 29.7 Å². The highest BCUT2D eigenvalue weighted by Gasteiger charge is 2.35. The summed E-state index contributed by atoms with van der Waals surface area (Å²) in [6.07, 6.45) is 0.993. The predicted octanol–water partition coefficient (Wildman–Crippen LogP) is 1.05. The molecule has 0 unspecified atom stereocenters. The second-order valence-electron chi connectivity index (χ2n) is 5.23. The van der Waals surface area contributed by atoms with Gasteiger partial charge >= 0.3 is 0 Å². The quantitative estimate of drug-likeness (QED) is 0.403. The van der Waals surface area contributed by atoms with E-state index >= 15 is 0 Å². The molecule has 0 atom stereocenters. The average molecular weight is 345 g/mol. The first kappa shape index (κ1) is 19.1. The summed E-state index contributed by atoms with van der Waals surface area (Å²) >= 11 is 0. The maximum atomic E-state index is 12.1. The van der Waals surface area contributed by atoms with Gasteiger partial charge in [0.25, 0.3) is 5.69 Å². The lowest BCUT2D eigenvalue weighted by Gasteiger charge is -2.31. The van der Waals surface area contributed by atoms with Crippen molar-refractivity contribution in [2.45, 2.75) is 18.4 Å². The predicted molar refractivity (Wildman–Crippen MR) is 88.8 cm³/mol. The van der Waals surface area contributed by atoms with Gasteiger partial charge in [-0.25, -0.2) is 0 Å². The number of nitrogens with one attached hydrogen (secondary N) is 2. The van der Waals surface area contributed by atoms with Crippen molar-refractivity contribution in [2.24, 2.45) is 5.73 Å². The van der Waals surface area contributed by atoms with E-state index in [0.29, 0.717) is 44.8 Å². The number of benzene rings is 1. The lowest BCUT2D eigenvalue weighted by atomic mass is 9.90. The molecule has 0 radical (unpaired) electrons. The molecule has 0 spiro atoms. The first-order chi connectivity index (χ1) is 10.5. The molecule has 1 amide bonds. The van der Waals surface area contributed by atoms with Crippen molar-refractivity contribution in [3.8, 4) is 0 Å². The molecule has 1 aromatic rings. The van der Waals surface area contributed by atoms with Crippen molar-refractivity contribution < 1.29 is 14.5 Å². The van der Waals surface area contributed by atoms with Crippen LogP contribution in [0.5, 0.6) is 0 Å². The largest absolute Gasteiger partial charge is 0.381 e. The van der Waals surface area contributed by atoms with E-state index in [1.165, 1.54) is 6.07 Å². The topological polar surface area (TPSA) is 120 Å². The Hall–Kier alpha value is -1.90. The molecule has 0 bridgehead atoms. The minimum atomic E-state index is -0.878. The summed E-state index contributed by atoms with van der Waals surface area (Å²) in [4.78, 5) is 22.5. The second kappa shape index (κ2) is 8.66. The zero-order chi connectivity index (χ0) is 16.0. The molecule has 0 aliphatic carbocycles. The van der Waals surface area contributed by atoms with Crippen molar-refractivity contribution in [3.05, 3.63) is 34.4 Å². The SMILES string of the molecule is Cl.NC1(C(=O)NCCNc2ccccc2[N+](=O)[O-])CCOCC1. The minimum absolute atomic E-state index is 0. The Morgan fingerprint density at radius 2 is 1.96 bits per heavy atom. The van der Waals surface area contributed by atoms with Gasteiger partial charge in [-0.2, -0.15) is 0 Å². The van der Waals surface area contributed by atoms with Crippen LogP contribution in [0.1, 0.15) is 12.8 Å². The summed E-state index contributed by atoms with van der Waals surface area (Å²) in [7, 11) is 0. The van der Waals surface area contributed by atoms with Gasteiger partial charge in [-0.3, -0.25) is 14.9 Å². The molecule has 23 heavy (non-hydrogen) atoms. The van der Waals surface area contributed by atoms with Crippen LogP contribution in [0.3, 0.4) is 0 Å². The number of halogens is 1. The van der Waals surface area contributed by atoms with E-state index in [1.807, 2.05) is 0 Å². The minimum Gasteiger partial charge on any atom is -0.381 e. The van der Waals surface area contributed by atoms with Gasteiger partial charge in [0, 0.05) is 32.4 Å². The summed E-state index contributed by atoms with van der Waals surface area (Å²) in [5.41, 5.74) is 5.61. The molecule has 1 aliphatic rings. The number of rotatable bonds is 6. The van der Waals surface area contributed by atoms with E-state index < -0.39 is 10.5 Å². The summed E-state index contributed by atoms with van der Waals surface area (Å²) in [6.45, 7) is 1.69. The number of hydrogen-bond donors (Lipinski definition) is 3. The van der Waals surface area contributed by atoms with Crippen LogP contribution in [-0.4, -0.2) is 42.7 Å². The molecule has 1 aromatic carbocycles. The number of carbonyl (C=O) groups excluding carboxylic acids is 1. The van der Waals surface area contributed by atoms with Crippen LogP contribution < -0.4 is 16.4 Å². The van der Waals surface area contributed by atoms with E-state index in [0.717, 1.165) is 0 Å². The van der Waals surface area contributed by atoms with Gasteiger partial charge in [-0.05, 0) is 18.9 Å². The number of anilines is 1. The fourth-order valence-corrected chi connectivity index (χ4v) is 2.29. The van der Waals surface area contributed by atoms with Crippen LogP contribution in [0, 0.1) is 10.1 Å². The van der Waals surface area contributed by atoms with E-state index in [9.17, 15) is 14.9 Å². The summed E-state index contributed by atoms with van der Waals surface area (Å²) < 4.78 is 5.20. The lowest BCUT2D eigenvalue weighted by Crippen LogP contribution is -2.57. The van der Waals surface area contributed by atoms with Gasteiger partial charge in [-0.1, -0.05) is 12.1 Å². The van der Waals surface area contributed by atoms with Crippen LogP contribution in [-0.2, 0) is 9.53 Å². The van der Waals surface area contributed by atoms with E-state index in [2.05, 4.69) is 10.6 Å². The Bertz CT molecular complexity index is 549. The van der Waals surface area contributed by atoms with Gasteiger partial charge in [0.1, 0.15) is 5.69 Å². The Balaban J connectivity index is 0.00000264. The fourth-order valence-electron chi connectivity index (χ4n) is 2.29. The standard InChI is InChI=1S/C14H20N4O4.ClH/c15-14(5-9-22-10-6-14)13(19)17-8-7-16-11-3-1-2-4-12(11)18(20)21;/h1-4,16H,5-10,15H2,(H,17,19);1H. The van der Waals surface area contributed by atoms with E-state index in [4.69, 9.17) is 10.5 Å². The summed E-state index contributed by atoms with van der Waals surface area (Å²) in [5.74, 6) is -0.208. The smallest absolute Gasteiger partial charge is 0.292 e. The number of amides is 1. The number of nitrogens with zero attached hydrogens (tertiary/aromatic N) is 1. The van der Waals surface area contributed by atoms with Gasteiger partial charge in [-0.15, -0.1) is 12.4 Å². The number of ether oxygens (including phenoxy) is 1. The monoisotopic (exact) mass is 344 g/mol. The maximum absolute atomic E-state index is 12.1. The Labute approximate surface area is 140 Å². The molecule has 1 heterocycles. The van der Waals surface area contributed by atoms with Crippen LogP contribution in [0.25, 0.3) is 0 Å². The average Bonchev–Trinajstić information content (AvgIpc) is 2.52. The van der Waals surface area contributed by atoms with Crippen LogP contribution in [0.4, 0.5) is 11.4 Å². The number of carbonyl (C=O) groups is 1. The molecular weight excluding hydrogens is 324 g/mol. The lowest BCUT2D eigenvalue weighted by molar-refractivity contribution is -0.384. The van der Waals surface area contributed by atoms with Crippen molar-refractivity contribution in [1.82, 2.24) is 5.32 Å². The number of nitro benzene ring substituents is 1. The zero-order valence-electron chi connectivity index (χ0n) is 12.6. The number of hydrogen-bond acceptors (Lipinski definition) is 6. The van der Waals surface area contributed by atoms with E-state index in [-0.39, 0.29) is 24.0 Å². The first-order valence-electron chi connectivity index (χ1n) is 7.15. The third-order valence-electron chi connectivity index (χ3n) is 3.66. The van der Waals surface area contributed by atoms with E-state index in [1.54, 1.807) is 18.2 Å². The highest BCUT2D eigenvalue weighted by molar-refractivity contribution is 5.86. The fraction of sp³-hybridized carbons (Fsp3) is 0.500. The molecular formula is C14H21ClN4O4. The molecule has 2 rings (SSSR count). The van der Waals surface area contributed by atoms with Gasteiger partial charge < -0.3 is 21.1 Å². The Morgan fingerprint density at radius 1 is 1.30 bits per heavy atom. The number of para-hydroxylation sites is 2. The van der Waals surface area contributed by atoms with Crippen molar-refractivity contribution in [2.75, 3.05) is 31.6 Å². The molecule has 1 fully saturated rings. The highest BCUT2D eigenvalue weighted by atomic mass is 35.5. The van der Waals surface area contributed by atoms with Crippen molar-refractivity contribution in [1.29, 1.82) is 0 Å². The number of nitrogens with two attached hydrogens (primary N) is 1. The normalized spacial score (nSPS) is 16.0. The molecule has 0 saturated carbocycles. The molecule has 1 aliphatic heterocycles.